The van der Waals surface area contributed by atoms with Crippen molar-refractivity contribution >= 4 is 17.5 Å². The summed E-state index contributed by atoms with van der Waals surface area (Å²) in [7, 11) is 0. The molecule has 0 radical (unpaired) electrons. The Hall–Kier alpha value is -1.88. The number of hydrogen-bond acceptors (Lipinski definition) is 3. The van der Waals surface area contributed by atoms with E-state index in [4.69, 9.17) is 11.5 Å². The molecule has 5 N–H and O–H groups in total. The molecule has 0 heterocycles. The lowest BCUT2D eigenvalue weighted by atomic mass is 9.96. The molecule has 0 bridgehead atoms. The van der Waals surface area contributed by atoms with E-state index in [1.54, 1.807) is 31.2 Å². The Balaban J connectivity index is 2.67. The van der Waals surface area contributed by atoms with E-state index in [-0.39, 0.29) is 18.2 Å². The average Bonchev–Trinajstić information content (AvgIpc) is 2.30. The lowest BCUT2D eigenvalue weighted by molar-refractivity contribution is -0.121. The first kappa shape index (κ1) is 15.2. The Labute approximate surface area is 113 Å². The fourth-order valence-corrected chi connectivity index (χ4v) is 1.81. The maximum absolute atomic E-state index is 12.0. The first-order chi connectivity index (χ1) is 8.85. The van der Waals surface area contributed by atoms with Crippen LogP contribution in [0.1, 0.15) is 32.3 Å². The predicted octanol–water partition coefficient (Wildman–Crippen LogP) is 1.17. The van der Waals surface area contributed by atoms with Crippen LogP contribution in [0.5, 0.6) is 0 Å². The third kappa shape index (κ3) is 4.71. The SMILES string of the molecule is CCCC(C)(N)C(=O)Nc1ccc(CC(N)=O)cc1. The molecule has 19 heavy (non-hydrogen) atoms. The van der Waals surface area contributed by atoms with Crippen molar-refractivity contribution in [2.75, 3.05) is 5.32 Å². The van der Waals surface area contributed by atoms with Crippen molar-refractivity contribution in [1.29, 1.82) is 0 Å². The number of amides is 2. The Bertz CT molecular complexity index is 452. The molecule has 104 valence electrons. The molecule has 1 aromatic rings. The number of rotatable bonds is 6. The van der Waals surface area contributed by atoms with Crippen LogP contribution in [0.2, 0.25) is 0 Å². The van der Waals surface area contributed by atoms with E-state index in [0.29, 0.717) is 12.1 Å². The molecule has 0 spiro atoms. The summed E-state index contributed by atoms with van der Waals surface area (Å²) in [5.74, 6) is -0.591. The van der Waals surface area contributed by atoms with Gasteiger partial charge >= 0.3 is 0 Å². The molecule has 0 aliphatic carbocycles. The first-order valence-electron chi connectivity index (χ1n) is 6.32. The quantitative estimate of drug-likeness (QED) is 0.718. The maximum Gasteiger partial charge on any atom is 0.244 e. The lowest BCUT2D eigenvalue weighted by Gasteiger charge is -2.22. The summed E-state index contributed by atoms with van der Waals surface area (Å²) in [5, 5.41) is 2.77. The van der Waals surface area contributed by atoms with Crippen molar-refractivity contribution in [3.63, 3.8) is 0 Å². The molecule has 1 rings (SSSR count). The van der Waals surface area contributed by atoms with Crippen molar-refractivity contribution in [2.24, 2.45) is 11.5 Å². The third-order valence-electron chi connectivity index (χ3n) is 2.88. The van der Waals surface area contributed by atoms with Crippen LogP contribution in [0.15, 0.2) is 24.3 Å². The maximum atomic E-state index is 12.0. The zero-order chi connectivity index (χ0) is 14.5. The van der Waals surface area contributed by atoms with Crippen LogP contribution < -0.4 is 16.8 Å². The number of nitrogens with two attached hydrogens (primary N) is 2. The van der Waals surface area contributed by atoms with E-state index in [9.17, 15) is 9.59 Å². The molecular formula is C14H21N3O2. The van der Waals surface area contributed by atoms with Gasteiger partial charge in [0.25, 0.3) is 0 Å². The van der Waals surface area contributed by atoms with Crippen molar-refractivity contribution < 1.29 is 9.59 Å². The van der Waals surface area contributed by atoms with Crippen molar-refractivity contribution in [1.82, 2.24) is 0 Å². The summed E-state index contributed by atoms with van der Waals surface area (Å²) in [4.78, 5) is 22.7. The Morgan fingerprint density at radius 3 is 2.32 bits per heavy atom. The Morgan fingerprint density at radius 2 is 1.84 bits per heavy atom. The lowest BCUT2D eigenvalue weighted by Crippen LogP contribution is -2.48. The zero-order valence-corrected chi connectivity index (χ0v) is 11.4. The van der Waals surface area contributed by atoms with Gasteiger partial charge in [-0.25, -0.2) is 0 Å². The number of carbonyl (C=O) groups is 2. The van der Waals surface area contributed by atoms with Gasteiger partial charge in [0.1, 0.15) is 0 Å². The standard InChI is InChI=1S/C14H21N3O2/c1-3-8-14(2,16)13(19)17-11-6-4-10(5-7-11)9-12(15)18/h4-7H,3,8-9,16H2,1-2H3,(H2,15,18)(H,17,19). The highest BCUT2D eigenvalue weighted by molar-refractivity contribution is 5.97. The van der Waals surface area contributed by atoms with Gasteiger partial charge in [0.2, 0.25) is 11.8 Å². The number of nitrogens with one attached hydrogen (secondary N) is 1. The fourth-order valence-electron chi connectivity index (χ4n) is 1.81. The minimum absolute atomic E-state index is 0.193. The monoisotopic (exact) mass is 263 g/mol. The summed E-state index contributed by atoms with van der Waals surface area (Å²) in [6.45, 7) is 3.70. The Kier molecular flexibility index (Phi) is 5.06. The smallest absolute Gasteiger partial charge is 0.244 e. The molecule has 1 aromatic carbocycles. The largest absolute Gasteiger partial charge is 0.369 e. The number of carbonyl (C=O) groups excluding carboxylic acids is 2. The molecule has 2 amide bonds. The number of primary amides is 1. The van der Waals surface area contributed by atoms with Gasteiger partial charge in [0.05, 0.1) is 12.0 Å². The molecule has 0 saturated carbocycles. The topological polar surface area (TPSA) is 98.2 Å². The van der Waals surface area contributed by atoms with Crippen LogP contribution in [0.4, 0.5) is 5.69 Å². The number of benzene rings is 1. The molecule has 0 aliphatic rings. The second-order valence-electron chi connectivity index (χ2n) is 4.96. The molecule has 5 nitrogen and oxygen atoms in total. The van der Waals surface area contributed by atoms with E-state index in [1.807, 2.05) is 6.92 Å². The van der Waals surface area contributed by atoms with E-state index in [1.165, 1.54) is 0 Å². The highest BCUT2D eigenvalue weighted by atomic mass is 16.2. The average molecular weight is 263 g/mol. The Morgan fingerprint density at radius 1 is 1.26 bits per heavy atom. The van der Waals surface area contributed by atoms with E-state index in [0.717, 1.165) is 12.0 Å². The molecule has 0 aliphatic heterocycles. The van der Waals surface area contributed by atoms with Crippen molar-refractivity contribution in [3.8, 4) is 0 Å². The number of anilines is 1. The van der Waals surface area contributed by atoms with Gasteiger partial charge in [-0.3, -0.25) is 9.59 Å². The van der Waals surface area contributed by atoms with Gasteiger partial charge in [-0.15, -0.1) is 0 Å². The van der Waals surface area contributed by atoms with Gasteiger partial charge in [-0.05, 0) is 31.0 Å². The molecule has 0 aromatic heterocycles. The molecule has 0 fully saturated rings. The van der Waals surface area contributed by atoms with Crippen molar-refractivity contribution in [2.45, 2.75) is 38.6 Å². The molecule has 0 saturated heterocycles. The zero-order valence-electron chi connectivity index (χ0n) is 11.4. The van der Waals surface area contributed by atoms with Crippen LogP contribution in [-0.4, -0.2) is 17.4 Å². The highest BCUT2D eigenvalue weighted by Gasteiger charge is 2.26. The second kappa shape index (κ2) is 6.33. The summed E-state index contributed by atoms with van der Waals surface area (Å²) >= 11 is 0. The van der Waals surface area contributed by atoms with Crippen LogP contribution in [0.25, 0.3) is 0 Å². The minimum Gasteiger partial charge on any atom is -0.369 e. The number of hydrogen-bond donors (Lipinski definition) is 3. The van der Waals surface area contributed by atoms with Gasteiger partial charge in [-0.1, -0.05) is 25.5 Å². The van der Waals surface area contributed by atoms with E-state index < -0.39 is 5.54 Å². The highest BCUT2D eigenvalue weighted by Crippen LogP contribution is 2.15. The summed E-state index contributed by atoms with van der Waals surface area (Å²) in [6.07, 6.45) is 1.66. The molecular weight excluding hydrogens is 242 g/mol. The normalized spacial score (nSPS) is 13.6. The van der Waals surface area contributed by atoms with Gasteiger partial charge in [-0.2, -0.15) is 0 Å². The molecule has 1 unspecified atom stereocenters. The summed E-state index contributed by atoms with van der Waals surface area (Å²) in [6, 6.07) is 6.98. The van der Waals surface area contributed by atoms with E-state index >= 15 is 0 Å². The minimum atomic E-state index is -0.874. The second-order valence-corrected chi connectivity index (χ2v) is 4.96. The van der Waals surface area contributed by atoms with Crippen molar-refractivity contribution in [3.05, 3.63) is 29.8 Å². The van der Waals surface area contributed by atoms with E-state index in [2.05, 4.69) is 5.32 Å². The molecule has 5 heteroatoms. The predicted molar refractivity (Wildman–Crippen MR) is 75.5 cm³/mol. The van der Waals surface area contributed by atoms with Gasteiger partial charge in [0, 0.05) is 5.69 Å². The van der Waals surface area contributed by atoms with Gasteiger partial charge < -0.3 is 16.8 Å². The van der Waals surface area contributed by atoms with Crippen LogP contribution >= 0.6 is 0 Å². The summed E-state index contributed by atoms with van der Waals surface area (Å²) < 4.78 is 0. The molecule has 1 atom stereocenters. The van der Waals surface area contributed by atoms with Crippen LogP contribution in [0.3, 0.4) is 0 Å². The fraction of sp³-hybridized carbons (Fsp3) is 0.429. The third-order valence-corrected chi connectivity index (χ3v) is 2.88. The summed E-state index contributed by atoms with van der Waals surface area (Å²) in [5.41, 5.74) is 11.6. The van der Waals surface area contributed by atoms with Crippen LogP contribution in [0, 0.1) is 0 Å². The first-order valence-corrected chi connectivity index (χ1v) is 6.32. The van der Waals surface area contributed by atoms with Crippen LogP contribution in [-0.2, 0) is 16.0 Å². The van der Waals surface area contributed by atoms with Gasteiger partial charge in [0.15, 0.2) is 0 Å².